The molecule has 22 heavy (non-hydrogen) atoms. The van der Waals surface area contributed by atoms with E-state index in [1.165, 1.54) is 37.5 Å². The van der Waals surface area contributed by atoms with E-state index in [1.807, 2.05) is 13.8 Å². The minimum atomic E-state index is -0.417. The Hall–Kier alpha value is -1.51. The first-order chi connectivity index (χ1) is 10.4. The summed E-state index contributed by atoms with van der Waals surface area (Å²) in [5.41, 5.74) is -0.00824. The van der Waals surface area contributed by atoms with Crippen molar-refractivity contribution >= 4 is 11.6 Å². The lowest BCUT2D eigenvalue weighted by molar-refractivity contribution is -0.130. The van der Waals surface area contributed by atoms with Crippen molar-refractivity contribution in [3.05, 3.63) is 35.6 Å². The summed E-state index contributed by atoms with van der Waals surface area (Å²) in [7, 11) is 0. The number of ketones is 2. The third kappa shape index (κ3) is 4.02. The van der Waals surface area contributed by atoms with E-state index in [0.29, 0.717) is 11.5 Å². The lowest BCUT2D eigenvalue weighted by Gasteiger charge is -2.35. The fourth-order valence-corrected chi connectivity index (χ4v) is 3.41. The SMILES string of the molecule is CC(C)(C(=O)CCC(=O)c1cccc(F)c1)C1CCCCC1. The topological polar surface area (TPSA) is 34.1 Å². The first-order valence-electron chi connectivity index (χ1n) is 8.23. The fourth-order valence-electron chi connectivity index (χ4n) is 3.41. The van der Waals surface area contributed by atoms with Crippen molar-refractivity contribution in [3.8, 4) is 0 Å². The zero-order valence-electron chi connectivity index (χ0n) is 13.5. The minimum absolute atomic E-state index is 0.157. The molecule has 1 aromatic rings. The number of hydrogen-bond acceptors (Lipinski definition) is 2. The van der Waals surface area contributed by atoms with E-state index in [0.717, 1.165) is 12.8 Å². The van der Waals surface area contributed by atoms with Crippen LogP contribution in [-0.4, -0.2) is 11.6 Å². The molecule has 0 atom stereocenters. The summed E-state index contributed by atoms with van der Waals surface area (Å²) in [6.45, 7) is 4.02. The molecular formula is C19H25FO2. The third-order valence-corrected chi connectivity index (χ3v) is 5.07. The average molecular weight is 304 g/mol. The monoisotopic (exact) mass is 304 g/mol. The molecule has 3 heteroatoms. The molecule has 1 saturated carbocycles. The van der Waals surface area contributed by atoms with Crippen LogP contribution < -0.4 is 0 Å². The molecule has 1 aliphatic rings. The second-order valence-electron chi connectivity index (χ2n) is 6.91. The van der Waals surface area contributed by atoms with Gasteiger partial charge >= 0.3 is 0 Å². The average Bonchev–Trinajstić information content (AvgIpc) is 2.53. The number of Topliss-reactive ketones (excluding diaryl/α,β-unsaturated/α-hetero) is 2. The lowest BCUT2D eigenvalue weighted by Crippen LogP contribution is -2.34. The Labute approximate surface area is 132 Å². The molecule has 1 aromatic carbocycles. The summed E-state index contributed by atoms with van der Waals surface area (Å²) in [4.78, 5) is 24.6. The predicted octanol–water partition coefficient (Wildman–Crippen LogP) is 4.96. The molecule has 0 aromatic heterocycles. The third-order valence-electron chi connectivity index (χ3n) is 5.07. The van der Waals surface area contributed by atoms with Gasteiger partial charge in [-0.1, -0.05) is 45.2 Å². The van der Waals surface area contributed by atoms with Gasteiger partial charge in [-0.15, -0.1) is 0 Å². The van der Waals surface area contributed by atoms with E-state index in [9.17, 15) is 14.0 Å². The minimum Gasteiger partial charge on any atom is -0.299 e. The van der Waals surface area contributed by atoms with E-state index in [-0.39, 0.29) is 29.8 Å². The molecule has 2 rings (SSSR count). The van der Waals surface area contributed by atoms with E-state index in [2.05, 4.69) is 0 Å². The molecule has 0 unspecified atom stereocenters. The van der Waals surface area contributed by atoms with E-state index in [1.54, 1.807) is 6.07 Å². The van der Waals surface area contributed by atoms with Gasteiger partial charge in [0.15, 0.2) is 5.78 Å². The number of carbonyl (C=O) groups is 2. The lowest BCUT2D eigenvalue weighted by atomic mass is 9.68. The normalized spacial score (nSPS) is 16.5. The number of halogens is 1. The summed E-state index contributed by atoms with van der Waals surface area (Å²) in [6, 6.07) is 5.67. The van der Waals surface area contributed by atoms with Crippen molar-refractivity contribution in [2.45, 2.75) is 58.8 Å². The predicted molar refractivity (Wildman–Crippen MR) is 85.3 cm³/mol. The Bertz CT molecular complexity index is 542. The Morgan fingerprint density at radius 1 is 1.14 bits per heavy atom. The van der Waals surface area contributed by atoms with Crippen molar-refractivity contribution in [3.63, 3.8) is 0 Å². The van der Waals surface area contributed by atoms with Gasteiger partial charge in [-0.25, -0.2) is 4.39 Å². The number of benzene rings is 1. The Morgan fingerprint density at radius 2 is 1.82 bits per heavy atom. The fraction of sp³-hybridized carbons (Fsp3) is 0.579. The maximum Gasteiger partial charge on any atom is 0.163 e. The molecule has 0 amide bonds. The standard InChI is InChI=1S/C19H25FO2/c1-19(2,15-8-4-3-5-9-15)18(22)12-11-17(21)14-7-6-10-16(20)13-14/h6-7,10,13,15H,3-5,8-9,11-12H2,1-2H3. The molecule has 0 N–H and O–H groups in total. The number of hydrogen-bond donors (Lipinski definition) is 0. The van der Waals surface area contributed by atoms with Crippen LogP contribution in [0.1, 0.15) is 69.2 Å². The summed E-state index contributed by atoms with van der Waals surface area (Å²) in [5, 5.41) is 0. The van der Waals surface area contributed by atoms with Crippen molar-refractivity contribution in [1.29, 1.82) is 0 Å². The molecule has 1 fully saturated rings. The van der Waals surface area contributed by atoms with Gasteiger partial charge in [0.2, 0.25) is 0 Å². The molecular weight excluding hydrogens is 279 g/mol. The largest absolute Gasteiger partial charge is 0.299 e. The molecule has 0 spiro atoms. The Morgan fingerprint density at radius 3 is 2.45 bits per heavy atom. The van der Waals surface area contributed by atoms with Gasteiger partial charge in [0, 0.05) is 23.8 Å². The molecule has 1 aliphatic carbocycles. The summed E-state index contributed by atoms with van der Waals surface area (Å²) < 4.78 is 13.1. The van der Waals surface area contributed by atoms with Crippen LogP contribution in [0.2, 0.25) is 0 Å². The molecule has 0 saturated heterocycles. The highest BCUT2D eigenvalue weighted by molar-refractivity contribution is 5.98. The highest BCUT2D eigenvalue weighted by Gasteiger charge is 2.36. The Balaban J connectivity index is 1.92. The van der Waals surface area contributed by atoms with Crippen LogP contribution >= 0.6 is 0 Å². The Kier molecular flexibility index (Phi) is 5.49. The van der Waals surface area contributed by atoms with Gasteiger partial charge in [-0.2, -0.15) is 0 Å². The highest BCUT2D eigenvalue weighted by Crippen LogP contribution is 2.39. The molecule has 120 valence electrons. The van der Waals surface area contributed by atoms with Crippen LogP contribution in [0.3, 0.4) is 0 Å². The van der Waals surface area contributed by atoms with Gasteiger partial charge in [0.05, 0.1) is 0 Å². The highest BCUT2D eigenvalue weighted by atomic mass is 19.1. The van der Waals surface area contributed by atoms with Crippen LogP contribution in [0.15, 0.2) is 24.3 Å². The first-order valence-corrected chi connectivity index (χ1v) is 8.23. The molecule has 0 bridgehead atoms. The zero-order chi connectivity index (χ0) is 16.2. The molecule has 0 radical (unpaired) electrons. The zero-order valence-corrected chi connectivity index (χ0v) is 13.5. The van der Waals surface area contributed by atoms with Gasteiger partial charge in [-0.3, -0.25) is 9.59 Å². The van der Waals surface area contributed by atoms with Crippen LogP contribution in [0.5, 0.6) is 0 Å². The maximum atomic E-state index is 13.1. The van der Waals surface area contributed by atoms with Crippen molar-refractivity contribution in [1.82, 2.24) is 0 Å². The number of carbonyl (C=O) groups excluding carboxylic acids is 2. The second kappa shape index (κ2) is 7.17. The quantitative estimate of drug-likeness (QED) is 0.696. The van der Waals surface area contributed by atoms with Gasteiger partial charge in [0.1, 0.15) is 11.6 Å². The van der Waals surface area contributed by atoms with E-state index < -0.39 is 5.82 Å². The second-order valence-corrected chi connectivity index (χ2v) is 6.91. The van der Waals surface area contributed by atoms with Crippen LogP contribution in [-0.2, 0) is 4.79 Å². The first kappa shape index (κ1) is 16.9. The van der Waals surface area contributed by atoms with Gasteiger partial charge in [-0.05, 0) is 30.9 Å². The van der Waals surface area contributed by atoms with Crippen molar-refractivity contribution in [2.75, 3.05) is 0 Å². The number of rotatable bonds is 6. The maximum absolute atomic E-state index is 13.1. The summed E-state index contributed by atoms with van der Waals surface area (Å²) in [6.07, 6.45) is 6.29. The van der Waals surface area contributed by atoms with Crippen LogP contribution in [0.25, 0.3) is 0 Å². The van der Waals surface area contributed by atoms with Crippen LogP contribution in [0, 0.1) is 17.2 Å². The van der Waals surface area contributed by atoms with Gasteiger partial charge in [0.25, 0.3) is 0 Å². The summed E-state index contributed by atoms with van der Waals surface area (Å²) in [5.74, 6) is 0.00850. The van der Waals surface area contributed by atoms with E-state index in [4.69, 9.17) is 0 Å². The molecule has 0 heterocycles. The van der Waals surface area contributed by atoms with Crippen molar-refractivity contribution in [2.24, 2.45) is 11.3 Å². The van der Waals surface area contributed by atoms with E-state index >= 15 is 0 Å². The van der Waals surface area contributed by atoms with Gasteiger partial charge < -0.3 is 0 Å². The smallest absolute Gasteiger partial charge is 0.163 e. The molecule has 2 nitrogen and oxygen atoms in total. The van der Waals surface area contributed by atoms with Crippen molar-refractivity contribution < 1.29 is 14.0 Å². The molecule has 0 aliphatic heterocycles. The summed E-state index contributed by atoms with van der Waals surface area (Å²) >= 11 is 0. The van der Waals surface area contributed by atoms with Crippen LogP contribution in [0.4, 0.5) is 4.39 Å².